The molecule has 0 heteroatoms. The van der Waals surface area contributed by atoms with E-state index in [1.807, 2.05) is 0 Å². The van der Waals surface area contributed by atoms with Crippen LogP contribution in [0.25, 0.3) is 0 Å². The van der Waals surface area contributed by atoms with Crippen LogP contribution < -0.4 is 0 Å². The van der Waals surface area contributed by atoms with E-state index in [-0.39, 0.29) is 0 Å². The third-order valence-corrected chi connectivity index (χ3v) is 4.10. The summed E-state index contributed by atoms with van der Waals surface area (Å²) in [7, 11) is 0. The largest absolute Gasteiger partial charge is 0.0654 e. The van der Waals surface area contributed by atoms with Gasteiger partial charge in [0.05, 0.1) is 0 Å². The van der Waals surface area contributed by atoms with E-state index in [1.165, 1.54) is 25.7 Å². The highest BCUT2D eigenvalue weighted by Crippen LogP contribution is 2.55. The first-order valence-electron chi connectivity index (χ1n) is 5.15. The van der Waals surface area contributed by atoms with E-state index >= 15 is 0 Å². The van der Waals surface area contributed by atoms with E-state index in [0.717, 1.165) is 11.8 Å². The molecule has 0 aromatic heterocycles. The summed E-state index contributed by atoms with van der Waals surface area (Å²) < 4.78 is 0. The van der Waals surface area contributed by atoms with Crippen molar-refractivity contribution in [1.82, 2.24) is 0 Å². The molecule has 0 amide bonds. The van der Waals surface area contributed by atoms with Gasteiger partial charge in [-0.15, -0.1) is 0 Å². The maximum Gasteiger partial charge on any atom is -0.0274 e. The van der Waals surface area contributed by atoms with Gasteiger partial charge in [-0.05, 0) is 23.7 Å². The van der Waals surface area contributed by atoms with Crippen LogP contribution in [0, 0.1) is 17.3 Å². The first-order chi connectivity index (χ1) is 5.15. The lowest BCUT2D eigenvalue weighted by molar-refractivity contribution is -0.0348. The molecular weight excluding hydrogens is 132 g/mol. The Morgan fingerprint density at radius 1 is 1.36 bits per heavy atom. The summed E-state index contributed by atoms with van der Waals surface area (Å²) in [5.41, 5.74) is 0.690. The minimum absolute atomic E-state index is 0.690. The van der Waals surface area contributed by atoms with Gasteiger partial charge in [-0.25, -0.2) is 0 Å². The summed E-state index contributed by atoms with van der Waals surface area (Å²) in [5, 5.41) is 0. The first kappa shape index (κ1) is 9.09. The van der Waals surface area contributed by atoms with E-state index in [1.54, 1.807) is 0 Å². The average Bonchev–Trinajstić information content (AvgIpc) is 2.03. The molecule has 1 saturated carbocycles. The lowest BCUT2D eigenvalue weighted by Crippen LogP contribution is -2.44. The van der Waals surface area contributed by atoms with Crippen LogP contribution in [-0.2, 0) is 0 Å². The molecule has 1 rings (SSSR count). The van der Waals surface area contributed by atoms with Crippen molar-refractivity contribution in [2.45, 2.75) is 53.4 Å². The molecule has 1 fully saturated rings. The van der Waals surface area contributed by atoms with Crippen molar-refractivity contribution < 1.29 is 0 Å². The number of hydrogen-bond donors (Lipinski definition) is 0. The van der Waals surface area contributed by atoms with Crippen LogP contribution in [0.1, 0.15) is 53.4 Å². The Hall–Kier alpha value is 0. The Morgan fingerprint density at radius 2 is 2.00 bits per heavy atom. The van der Waals surface area contributed by atoms with Gasteiger partial charge in [0.15, 0.2) is 0 Å². The van der Waals surface area contributed by atoms with Crippen molar-refractivity contribution in [2.24, 2.45) is 17.3 Å². The first-order valence-corrected chi connectivity index (χ1v) is 5.15. The molecule has 1 aliphatic carbocycles. The lowest BCUT2D eigenvalue weighted by Gasteiger charge is -2.53. The Balaban J connectivity index is 2.47. The Kier molecular flexibility index (Phi) is 2.61. The van der Waals surface area contributed by atoms with Crippen molar-refractivity contribution in [3.05, 3.63) is 0 Å². The van der Waals surface area contributed by atoms with Crippen molar-refractivity contribution in [3.63, 3.8) is 0 Å². The van der Waals surface area contributed by atoms with Gasteiger partial charge in [-0.1, -0.05) is 47.0 Å². The van der Waals surface area contributed by atoms with Crippen molar-refractivity contribution >= 4 is 0 Å². The molecule has 1 aliphatic rings. The molecule has 66 valence electrons. The average molecular weight is 154 g/mol. The normalized spacial score (nSPS) is 43.6. The van der Waals surface area contributed by atoms with Gasteiger partial charge in [-0.3, -0.25) is 0 Å². The minimum atomic E-state index is 0.690. The number of hydrogen-bond acceptors (Lipinski definition) is 0. The van der Waals surface area contributed by atoms with E-state index in [9.17, 15) is 0 Å². The zero-order chi connectivity index (χ0) is 8.48. The molecule has 0 aliphatic heterocycles. The standard InChI is InChI=1S/C11H22/c1-5-7-10-8-9(3)11(10,4)6-2/h9-10H,5-8H2,1-4H3. The molecule has 0 nitrogen and oxygen atoms in total. The van der Waals surface area contributed by atoms with Gasteiger partial charge in [0, 0.05) is 0 Å². The fourth-order valence-corrected chi connectivity index (χ4v) is 2.64. The van der Waals surface area contributed by atoms with E-state index in [4.69, 9.17) is 0 Å². The molecular formula is C11H22. The fourth-order valence-electron chi connectivity index (χ4n) is 2.64. The molecule has 0 N–H and O–H groups in total. The minimum Gasteiger partial charge on any atom is -0.0654 e. The van der Waals surface area contributed by atoms with Crippen LogP contribution in [0.15, 0.2) is 0 Å². The monoisotopic (exact) mass is 154 g/mol. The molecule has 0 bridgehead atoms. The fraction of sp³-hybridized carbons (Fsp3) is 1.00. The molecule has 0 spiro atoms. The maximum atomic E-state index is 2.47. The molecule has 11 heavy (non-hydrogen) atoms. The van der Waals surface area contributed by atoms with Crippen LogP contribution in [-0.4, -0.2) is 0 Å². The predicted molar refractivity (Wildman–Crippen MR) is 50.6 cm³/mol. The van der Waals surface area contributed by atoms with Crippen LogP contribution >= 0.6 is 0 Å². The highest BCUT2D eigenvalue weighted by atomic mass is 14.5. The third kappa shape index (κ3) is 1.32. The van der Waals surface area contributed by atoms with Gasteiger partial charge in [0.2, 0.25) is 0 Å². The summed E-state index contributed by atoms with van der Waals surface area (Å²) in [6.45, 7) is 9.54. The number of rotatable bonds is 3. The van der Waals surface area contributed by atoms with Crippen molar-refractivity contribution in [1.29, 1.82) is 0 Å². The van der Waals surface area contributed by atoms with Crippen LogP contribution in [0.2, 0.25) is 0 Å². The van der Waals surface area contributed by atoms with Gasteiger partial charge >= 0.3 is 0 Å². The molecule has 0 radical (unpaired) electrons. The lowest BCUT2D eigenvalue weighted by atomic mass is 9.52. The van der Waals surface area contributed by atoms with Gasteiger partial charge in [-0.2, -0.15) is 0 Å². The summed E-state index contributed by atoms with van der Waals surface area (Å²) in [6.07, 6.45) is 5.68. The second kappa shape index (κ2) is 3.16. The predicted octanol–water partition coefficient (Wildman–Crippen LogP) is 3.86. The summed E-state index contributed by atoms with van der Waals surface area (Å²) in [5.74, 6) is 2.01. The van der Waals surface area contributed by atoms with Gasteiger partial charge in [0.25, 0.3) is 0 Å². The van der Waals surface area contributed by atoms with Crippen LogP contribution in [0.4, 0.5) is 0 Å². The van der Waals surface area contributed by atoms with E-state index in [0.29, 0.717) is 5.41 Å². The SMILES string of the molecule is CCCC1CC(C)C1(C)CC. The molecule has 0 heterocycles. The summed E-state index contributed by atoms with van der Waals surface area (Å²) >= 11 is 0. The molecule has 0 aromatic carbocycles. The topological polar surface area (TPSA) is 0 Å². The van der Waals surface area contributed by atoms with E-state index in [2.05, 4.69) is 27.7 Å². The highest BCUT2D eigenvalue weighted by Gasteiger charge is 2.46. The van der Waals surface area contributed by atoms with Crippen LogP contribution in [0.3, 0.4) is 0 Å². The maximum absolute atomic E-state index is 2.47. The molecule has 3 atom stereocenters. The van der Waals surface area contributed by atoms with Gasteiger partial charge in [0.1, 0.15) is 0 Å². The zero-order valence-electron chi connectivity index (χ0n) is 8.48. The third-order valence-electron chi connectivity index (χ3n) is 4.10. The smallest absolute Gasteiger partial charge is 0.0274 e. The van der Waals surface area contributed by atoms with E-state index < -0.39 is 0 Å². The summed E-state index contributed by atoms with van der Waals surface area (Å²) in [4.78, 5) is 0. The zero-order valence-corrected chi connectivity index (χ0v) is 8.48. The second-order valence-electron chi connectivity index (χ2n) is 4.48. The Morgan fingerprint density at radius 3 is 2.36 bits per heavy atom. The quantitative estimate of drug-likeness (QED) is 0.579. The van der Waals surface area contributed by atoms with Crippen LogP contribution in [0.5, 0.6) is 0 Å². The second-order valence-corrected chi connectivity index (χ2v) is 4.48. The molecule has 0 saturated heterocycles. The molecule has 0 aromatic rings. The molecule has 3 unspecified atom stereocenters. The summed E-state index contributed by atoms with van der Waals surface area (Å²) in [6, 6.07) is 0. The van der Waals surface area contributed by atoms with Crippen molar-refractivity contribution in [3.8, 4) is 0 Å². The van der Waals surface area contributed by atoms with Crippen molar-refractivity contribution in [2.75, 3.05) is 0 Å². The Bertz CT molecular complexity index is 126. The van der Waals surface area contributed by atoms with Gasteiger partial charge < -0.3 is 0 Å². The Labute approximate surface area is 71.4 Å². The highest BCUT2D eigenvalue weighted by molar-refractivity contribution is 4.95.